The van der Waals surface area contributed by atoms with E-state index in [1.807, 2.05) is 0 Å². The van der Waals surface area contributed by atoms with E-state index in [0.717, 1.165) is 32.4 Å². The zero-order valence-electron chi connectivity index (χ0n) is 14.1. The maximum Gasteiger partial charge on any atom is 0.136 e. The zero-order valence-corrected chi connectivity index (χ0v) is 14.1. The van der Waals surface area contributed by atoms with Crippen molar-refractivity contribution >= 4 is 0 Å². The molecular formula is C16H30FN5O2. The monoisotopic (exact) mass is 343 g/mol. The van der Waals surface area contributed by atoms with E-state index in [1.165, 1.54) is 0 Å². The van der Waals surface area contributed by atoms with Crippen molar-refractivity contribution in [3.8, 4) is 0 Å². The quantitative estimate of drug-likeness (QED) is 0.381. The molecule has 0 spiro atoms. The lowest BCUT2D eigenvalue weighted by Gasteiger charge is -2.39. The molecule has 0 aromatic rings. The zero-order chi connectivity index (χ0) is 16.4. The van der Waals surface area contributed by atoms with E-state index in [1.54, 1.807) is 0 Å². The molecule has 4 rings (SSSR count). The SMILES string of the molecule is F[C@H]1CNCOCC2CNCC(N2)C2NNC3CCC(CC32)OC1. The fourth-order valence-corrected chi connectivity index (χ4v) is 4.56. The van der Waals surface area contributed by atoms with Crippen LogP contribution in [0.2, 0.25) is 0 Å². The van der Waals surface area contributed by atoms with Gasteiger partial charge in [-0.3, -0.25) is 16.2 Å². The summed E-state index contributed by atoms with van der Waals surface area (Å²) in [6, 6.07) is 1.50. The maximum absolute atomic E-state index is 13.9. The first-order valence-electron chi connectivity index (χ1n) is 9.31. The van der Waals surface area contributed by atoms with Gasteiger partial charge in [0.15, 0.2) is 0 Å². The first-order chi connectivity index (χ1) is 11.8. The number of nitrogens with one attached hydrogen (secondary N) is 5. The van der Waals surface area contributed by atoms with Crippen molar-refractivity contribution in [3.63, 3.8) is 0 Å². The molecule has 3 aliphatic heterocycles. The third-order valence-corrected chi connectivity index (χ3v) is 5.79. The van der Waals surface area contributed by atoms with Gasteiger partial charge in [0.2, 0.25) is 0 Å². The van der Waals surface area contributed by atoms with Crippen LogP contribution in [-0.2, 0) is 9.47 Å². The van der Waals surface area contributed by atoms with Crippen molar-refractivity contribution in [2.45, 2.75) is 55.7 Å². The van der Waals surface area contributed by atoms with Gasteiger partial charge in [-0.15, -0.1) is 0 Å². The van der Waals surface area contributed by atoms with E-state index in [2.05, 4.69) is 26.8 Å². The fourth-order valence-electron chi connectivity index (χ4n) is 4.56. The molecule has 4 bridgehead atoms. The molecule has 1 aliphatic carbocycles. The Bertz CT molecular complexity index is 418. The van der Waals surface area contributed by atoms with E-state index in [0.29, 0.717) is 37.4 Å². The van der Waals surface area contributed by atoms with Gasteiger partial charge in [0.1, 0.15) is 6.17 Å². The molecule has 3 heterocycles. The minimum Gasteiger partial charge on any atom is -0.375 e. The molecule has 0 aromatic heterocycles. The van der Waals surface area contributed by atoms with Crippen LogP contribution in [0.15, 0.2) is 0 Å². The lowest BCUT2D eigenvalue weighted by Crippen LogP contribution is -2.63. The molecule has 4 fully saturated rings. The van der Waals surface area contributed by atoms with E-state index in [4.69, 9.17) is 9.47 Å². The van der Waals surface area contributed by atoms with Gasteiger partial charge in [-0.2, -0.15) is 0 Å². The second-order valence-electron chi connectivity index (χ2n) is 7.55. The Hall–Kier alpha value is -0.350. The second kappa shape index (κ2) is 7.90. The summed E-state index contributed by atoms with van der Waals surface area (Å²) in [7, 11) is 0. The van der Waals surface area contributed by atoms with Crippen LogP contribution < -0.4 is 26.8 Å². The van der Waals surface area contributed by atoms with Gasteiger partial charge in [-0.05, 0) is 25.2 Å². The largest absolute Gasteiger partial charge is 0.375 e. The fraction of sp³-hybridized carbons (Fsp3) is 1.00. The second-order valence-corrected chi connectivity index (χ2v) is 7.55. The van der Waals surface area contributed by atoms with Crippen LogP contribution in [0.5, 0.6) is 0 Å². The molecule has 1 saturated carbocycles. The minimum atomic E-state index is -0.980. The lowest BCUT2D eigenvalue weighted by atomic mass is 9.77. The Balaban J connectivity index is 1.46. The molecule has 24 heavy (non-hydrogen) atoms. The number of rotatable bonds is 0. The van der Waals surface area contributed by atoms with Crippen molar-refractivity contribution < 1.29 is 13.9 Å². The van der Waals surface area contributed by atoms with Crippen molar-refractivity contribution in [1.29, 1.82) is 0 Å². The number of ether oxygens (including phenoxy) is 2. The lowest BCUT2D eigenvalue weighted by molar-refractivity contribution is -0.0175. The summed E-state index contributed by atoms with van der Waals surface area (Å²) < 4.78 is 25.5. The Morgan fingerprint density at radius 3 is 2.83 bits per heavy atom. The molecule has 6 unspecified atom stereocenters. The molecule has 7 nitrogen and oxygen atoms in total. The molecule has 4 aliphatic rings. The summed E-state index contributed by atoms with van der Waals surface area (Å²) >= 11 is 0. The average Bonchev–Trinajstić information content (AvgIpc) is 3.02. The summed E-state index contributed by atoms with van der Waals surface area (Å²) in [6.07, 6.45) is 2.27. The van der Waals surface area contributed by atoms with Gasteiger partial charge >= 0.3 is 0 Å². The Kier molecular flexibility index (Phi) is 5.63. The van der Waals surface area contributed by atoms with E-state index in [-0.39, 0.29) is 25.3 Å². The van der Waals surface area contributed by atoms with Crippen LogP contribution >= 0.6 is 0 Å². The van der Waals surface area contributed by atoms with Crippen molar-refractivity contribution in [1.82, 2.24) is 26.8 Å². The van der Waals surface area contributed by atoms with Gasteiger partial charge in [-0.1, -0.05) is 0 Å². The third-order valence-electron chi connectivity index (χ3n) is 5.79. The number of hydrogen-bond acceptors (Lipinski definition) is 7. The highest BCUT2D eigenvalue weighted by molar-refractivity contribution is 5.03. The number of hydrazine groups is 1. The number of piperazine rings is 1. The molecule has 7 atom stereocenters. The molecule has 0 amide bonds. The van der Waals surface area contributed by atoms with Gasteiger partial charge in [0.05, 0.1) is 26.0 Å². The van der Waals surface area contributed by atoms with Crippen LogP contribution in [-0.4, -0.2) is 76.0 Å². The minimum absolute atomic E-state index is 0.169. The summed E-state index contributed by atoms with van der Waals surface area (Å²) in [4.78, 5) is 0. The number of fused-ring (bicyclic) bond motifs is 4. The average molecular weight is 343 g/mol. The molecule has 3 saturated heterocycles. The van der Waals surface area contributed by atoms with Gasteiger partial charge in [-0.25, -0.2) is 4.39 Å². The molecular weight excluding hydrogens is 313 g/mol. The van der Waals surface area contributed by atoms with Crippen LogP contribution in [0.1, 0.15) is 19.3 Å². The first-order valence-corrected chi connectivity index (χ1v) is 9.31. The van der Waals surface area contributed by atoms with Crippen LogP contribution in [0.3, 0.4) is 0 Å². The Morgan fingerprint density at radius 1 is 0.917 bits per heavy atom. The van der Waals surface area contributed by atoms with E-state index >= 15 is 0 Å². The molecule has 0 aromatic carbocycles. The molecule has 0 radical (unpaired) electrons. The van der Waals surface area contributed by atoms with Crippen LogP contribution in [0, 0.1) is 5.92 Å². The van der Waals surface area contributed by atoms with Crippen molar-refractivity contribution in [2.75, 3.05) is 39.6 Å². The van der Waals surface area contributed by atoms with Gasteiger partial charge in [0.25, 0.3) is 0 Å². The predicted octanol–water partition coefficient (Wildman–Crippen LogP) is -1.14. The molecule has 8 heteroatoms. The summed E-state index contributed by atoms with van der Waals surface area (Å²) in [5, 5.41) is 10.3. The standard InChI is InChI=1S/C16H30FN5O2/c17-10-4-19-9-23-8-11-5-18-6-15(20-11)16-13-3-12(24-7-10)1-2-14(13)21-22-16/h10-16,18-22H,1-9H2/t10-,11?,12?,13?,14?,15?,16?/m0/s1. The van der Waals surface area contributed by atoms with Crippen molar-refractivity contribution in [2.24, 2.45) is 5.92 Å². The van der Waals surface area contributed by atoms with Crippen molar-refractivity contribution in [3.05, 3.63) is 0 Å². The smallest absolute Gasteiger partial charge is 0.136 e. The third kappa shape index (κ3) is 3.90. The van der Waals surface area contributed by atoms with Crippen LogP contribution in [0.25, 0.3) is 0 Å². The van der Waals surface area contributed by atoms with Gasteiger partial charge < -0.3 is 20.1 Å². The predicted molar refractivity (Wildman–Crippen MR) is 88.2 cm³/mol. The van der Waals surface area contributed by atoms with E-state index in [9.17, 15) is 4.39 Å². The van der Waals surface area contributed by atoms with Crippen LogP contribution in [0.4, 0.5) is 4.39 Å². The summed E-state index contributed by atoms with van der Waals surface area (Å²) in [5.74, 6) is 0.518. The normalized spacial score (nSPS) is 47.6. The molecule has 138 valence electrons. The number of alkyl halides is 1. The Labute approximate surface area is 142 Å². The Morgan fingerprint density at radius 2 is 1.88 bits per heavy atom. The number of halogens is 1. The highest BCUT2D eigenvalue weighted by atomic mass is 19.1. The maximum atomic E-state index is 13.9. The first kappa shape index (κ1) is 17.1. The molecule has 5 N–H and O–H groups in total. The summed E-state index contributed by atoms with van der Waals surface area (Å²) in [6.45, 7) is 3.31. The highest BCUT2D eigenvalue weighted by Gasteiger charge is 2.44. The van der Waals surface area contributed by atoms with Gasteiger partial charge in [0, 0.05) is 43.8 Å². The number of hydrogen-bond donors (Lipinski definition) is 5. The van der Waals surface area contributed by atoms with E-state index < -0.39 is 6.17 Å². The topological polar surface area (TPSA) is 78.6 Å². The highest BCUT2D eigenvalue weighted by Crippen LogP contribution is 2.33. The summed E-state index contributed by atoms with van der Waals surface area (Å²) in [5.41, 5.74) is 6.98.